The molecule has 1 aliphatic heterocycles. The molecule has 12 heteroatoms. The lowest BCUT2D eigenvalue weighted by molar-refractivity contribution is -0.142. The monoisotopic (exact) mass is 430 g/mol. The minimum atomic E-state index is -4.78. The van der Waals surface area contributed by atoms with Crippen LogP contribution in [0.3, 0.4) is 0 Å². The van der Waals surface area contributed by atoms with Gasteiger partial charge in [-0.25, -0.2) is 13.4 Å². The van der Waals surface area contributed by atoms with Gasteiger partial charge in [0.2, 0.25) is 5.91 Å². The van der Waals surface area contributed by atoms with Crippen LogP contribution in [-0.2, 0) is 27.2 Å². The van der Waals surface area contributed by atoms with E-state index in [2.05, 4.69) is 5.10 Å². The highest BCUT2D eigenvalue weighted by molar-refractivity contribution is 7.90. The zero-order valence-corrected chi connectivity index (χ0v) is 16.0. The number of hydrogen-bond acceptors (Lipinski definition) is 5. The third kappa shape index (κ3) is 4.42. The van der Waals surface area contributed by atoms with Crippen LogP contribution >= 0.6 is 0 Å². The average molecular weight is 430 g/mol. The van der Waals surface area contributed by atoms with Crippen molar-refractivity contribution in [1.29, 1.82) is 0 Å². The summed E-state index contributed by atoms with van der Waals surface area (Å²) in [5, 5.41) is 7.17. The quantitative estimate of drug-likeness (QED) is 0.795. The Balaban J connectivity index is 1.76. The largest absolute Gasteiger partial charge is 0.433 e. The Bertz CT molecular complexity index is 1030. The smallest absolute Gasteiger partial charge is 0.273 e. The van der Waals surface area contributed by atoms with Gasteiger partial charge in [0.15, 0.2) is 15.5 Å². The fourth-order valence-electron chi connectivity index (χ4n) is 3.01. The minimum absolute atomic E-state index is 0.0973. The molecule has 1 aromatic carbocycles. The first kappa shape index (κ1) is 20.8. The lowest BCUT2D eigenvalue weighted by Gasteiger charge is -2.28. The highest BCUT2D eigenvalue weighted by Crippen LogP contribution is 2.31. The number of halogens is 3. The number of sulfone groups is 1. The molecule has 0 aliphatic carbocycles. The number of benzene rings is 1. The number of H-pyrrole nitrogens is 1. The molecule has 0 saturated carbocycles. The predicted molar refractivity (Wildman–Crippen MR) is 94.2 cm³/mol. The first-order valence-corrected chi connectivity index (χ1v) is 10.4. The van der Waals surface area contributed by atoms with Gasteiger partial charge in [-0.2, -0.15) is 18.3 Å². The lowest BCUT2D eigenvalue weighted by Crippen LogP contribution is -2.45. The summed E-state index contributed by atoms with van der Waals surface area (Å²) < 4.78 is 62.1. The number of nitrogens with one attached hydrogen (secondary N) is 1. The van der Waals surface area contributed by atoms with E-state index in [1.165, 1.54) is 24.3 Å². The van der Waals surface area contributed by atoms with Crippen LogP contribution in [0.5, 0.6) is 0 Å². The number of rotatable bonds is 4. The molecule has 3 rings (SSSR count). The van der Waals surface area contributed by atoms with Crippen LogP contribution < -0.4 is 0 Å². The number of hydrazine groups is 1. The van der Waals surface area contributed by atoms with E-state index in [0.717, 1.165) is 22.5 Å². The van der Waals surface area contributed by atoms with Gasteiger partial charge in [0.1, 0.15) is 0 Å². The number of nitrogens with zero attached hydrogens (tertiary/aromatic N) is 3. The molecule has 1 fully saturated rings. The summed E-state index contributed by atoms with van der Waals surface area (Å²) in [5.41, 5.74) is -1.41. The maximum absolute atomic E-state index is 13.0. The zero-order chi connectivity index (χ0) is 21.4. The van der Waals surface area contributed by atoms with Gasteiger partial charge in [-0.1, -0.05) is 12.1 Å². The van der Waals surface area contributed by atoms with Crippen molar-refractivity contribution >= 4 is 21.7 Å². The number of aromatic amines is 1. The minimum Gasteiger partial charge on any atom is -0.273 e. The number of hydrogen-bond donors (Lipinski definition) is 1. The molecule has 1 N–H and O–H groups in total. The fraction of sp³-hybridized carbons (Fsp3) is 0.353. The van der Waals surface area contributed by atoms with Crippen LogP contribution in [0.1, 0.15) is 28.0 Å². The van der Waals surface area contributed by atoms with E-state index < -0.39 is 39.1 Å². The molecule has 29 heavy (non-hydrogen) atoms. The lowest BCUT2D eigenvalue weighted by atomic mass is 10.1. The van der Waals surface area contributed by atoms with Crippen molar-refractivity contribution in [3.8, 4) is 0 Å². The van der Waals surface area contributed by atoms with Crippen molar-refractivity contribution in [3.05, 3.63) is 47.3 Å². The Hall–Kier alpha value is -2.89. The van der Waals surface area contributed by atoms with Crippen LogP contribution in [0.15, 0.2) is 35.4 Å². The third-order valence-electron chi connectivity index (χ3n) is 4.41. The van der Waals surface area contributed by atoms with E-state index in [0.29, 0.717) is 12.0 Å². The molecule has 0 bridgehead atoms. The second kappa shape index (κ2) is 7.50. The predicted octanol–water partition coefficient (Wildman–Crippen LogP) is 1.66. The molecule has 2 heterocycles. The van der Waals surface area contributed by atoms with Crippen LogP contribution in [0.25, 0.3) is 0 Å². The van der Waals surface area contributed by atoms with Gasteiger partial charge in [-0.15, -0.1) is 0 Å². The van der Waals surface area contributed by atoms with E-state index in [9.17, 15) is 31.2 Å². The maximum Gasteiger partial charge on any atom is 0.433 e. The molecule has 1 aliphatic rings. The second-order valence-electron chi connectivity index (χ2n) is 6.55. The van der Waals surface area contributed by atoms with Gasteiger partial charge in [-0.05, 0) is 24.1 Å². The summed E-state index contributed by atoms with van der Waals surface area (Å²) in [7, 11) is -3.37. The molecule has 2 aromatic rings. The number of carbonyl (C=O) groups is 2. The van der Waals surface area contributed by atoms with Crippen molar-refractivity contribution in [2.45, 2.75) is 23.9 Å². The summed E-state index contributed by atoms with van der Waals surface area (Å²) in [6.07, 6.45) is -2.64. The standard InChI is InChI=1S/C17H17F3N4O4S/c1-29(27,28)12-5-3-11(4-6-12)9-14(25)23-7-2-8-24(23)16(26)13-10-21-22-15(13)17(18,19)20/h3-6,10H,2,7-9H2,1H3,(H,21,22). The van der Waals surface area contributed by atoms with Crippen LogP contribution in [0.2, 0.25) is 0 Å². The van der Waals surface area contributed by atoms with Gasteiger partial charge < -0.3 is 0 Å². The molecule has 0 radical (unpaired) electrons. The first-order chi connectivity index (χ1) is 13.5. The maximum atomic E-state index is 13.0. The van der Waals surface area contributed by atoms with Gasteiger partial charge >= 0.3 is 6.18 Å². The number of alkyl halides is 3. The summed E-state index contributed by atoms with van der Waals surface area (Å²) in [6.45, 7) is 0.283. The van der Waals surface area contributed by atoms with Crippen molar-refractivity contribution in [2.75, 3.05) is 19.3 Å². The van der Waals surface area contributed by atoms with Gasteiger partial charge in [-0.3, -0.25) is 19.7 Å². The number of amides is 2. The summed E-state index contributed by atoms with van der Waals surface area (Å²) in [6, 6.07) is 5.70. The van der Waals surface area contributed by atoms with E-state index in [4.69, 9.17) is 0 Å². The summed E-state index contributed by atoms with van der Waals surface area (Å²) >= 11 is 0. The molecule has 2 amide bonds. The SMILES string of the molecule is CS(=O)(=O)c1ccc(CC(=O)N2CCCN2C(=O)c2cn[nH]c2C(F)(F)F)cc1. The second-order valence-corrected chi connectivity index (χ2v) is 8.56. The molecule has 0 spiro atoms. The highest BCUT2D eigenvalue weighted by atomic mass is 32.2. The molecule has 0 atom stereocenters. The molecule has 156 valence electrons. The molecular formula is C17H17F3N4O4S. The zero-order valence-electron chi connectivity index (χ0n) is 15.2. The normalized spacial score (nSPS) is 15.0. The number of carbonyl (C=O) groups excluding carboxylic acids is 2. The van der Waals surface area contributed by atoms with Gasteiger partial charge in [0.05, 0.1) is 23.1 Å². The van der Waals surface area contributed by atoms with Gasteiger partial charge in [0.25, 0.3) is 5.91 Å². The third-order valence-corrected chi connectivity index (χ3v) is 5.54. The Morgan fingerprint density at radius 1 is 1.14 bits per heavy atom. The van der Waals surface area contributed by atoms with E-state index >= 15 is 0 Å². The topological polar surface area (TPSA) is 103 Å². The molecule has 1 aromatic heterocycles. The van der Waals surface area contributed by atoms with Crippen molar-refractivity contribution in [3.63, 3.8) is 0 Å². The Morgan fingerprint density at radius 3 is 2.34 bits per heavy atom. The van der Waals surface area contributed by atoms with Crippen molar-refractivity contribution in [1.82, 2.24) is 20.2 Å². The van der Waals surface area contributed by atoms with Crippen molar-refractivity contribution < 1.29 is 31.2 Å². The van der Waals surface area contributed by atoms with Crippen LogP contribution in [0, 0.1) is 0 Å². The van der Waals surface area contributed by atoms with Crippen LogP contribution in [-0.4, -0.2) is 59.8 Å². The fourth-order valence-corrected chi connectivity index (χ4v) is 3.64. The van der Waals surface area contributed by atoms with E-state index in [1.807, 2.05) is 0 Å². The Morgan fingerprint density at radius 2 is 1.76 bits per heavy atom. The van der Waals surface area contributed by atoms with E-state index in [1.54, 1.807) is 5.10 Å². The Kier molecular flexibility index (Phi) is 5.39. The number of aromatic nitrogens is 2. The van der Waals surface area contributed by atoms with E-state index in [-0.39, 0.29) is 24.4 Å². The highest BCUT2D eigenvalue weighted by Gasteiger charge is 2.40. The summed E-state index contributed by atoms with van der Waals surface area (Å²) in [4.78, 5) is 25.3. The molecule has 1 saturated heterocycles. The first-order valence-electron chi connectivity index (χ1n) is 8.50. The van der Waals surface area contributed by atoms with Gasteiger partial charge in [0, 0.05) is 19.3 Å². The van der Waals surface area contributed by atoms with Crippen LogP contribution in [0.4, 0.5) is 13.2 Å². The average Bonchev–Trinajstić information content (AvgIpc) is 3.30. The summed E-state index contributed by atoms with van der Waals surface area (Å²) in [5.74, 6) is -1.45. The molecule has 8 nitrogen and oxygen atoms in total. The molecule has 0 unspecified atom stereocenters. The van der Waals surface area contributed by atoms with Crippen molar-refractivity contribution in [2.24, 2.45) is 0 Å². The Labute approximate surface area is 164 Å². The molecular weight excluding hydrogens is 413 g/mol.